The van der Waals surface area contributed by atoms with Crippen molar-refractivity contribution >= 4 is 17.5 Å². The van der Waals surface area contributed by atoms with E-state index in [4.69, 9.17) is 11.6 Å². The molecule has 0 fully saturated rings. The second-order valence-corrected chi connectivity index (χ2v) is 4.37. The molecule has 1 N–H and O–H groups in total. The van der Waals surface area contributed by atoms with Crippen LogP contribution in [0.4, 0.5) is 0 Å². The van der Waals surface area contributed by atoms with Crippen molar-refractivity contribution in [2.24, 2.45) is 0 Å². The van der Waals surface area contributed by atoms with E-state index >= 15 is 0 Å². The SMILES string of the molecule is CC(Cc1ccccc1)NC(=O)C(C)Cl. The van der Waals surface area contributed by atoms with Crippen LogP contribution in [0.2, 0.25) is 0 Å². The van der Waals surface area contributed by atoms with Crippen LogP contribution >= 0.6 is 11.6 Å². The predicted molar refractivity (Wildman–Crippen MR) is 63.1 cm³/mol. The molecule has 1 aromatic carbocycles. The Morgan fingerprint density at radius 3 is 2.47 bits per heavy atom. The van der Waals surface area contributed by atoms with Gasteiger partial charge in [-0.1, -0.05) is 30.3 Å². The average Bonchev–Trinajstić information content (AvgIpc) is 2.18. The number of halogens is 1. The molecule has 0 aromatic heterocycles. The lowest BCUT2D eigenvalue weighted by Gasteiger charge is -2.14. The van der Waals surface area contributed by atoms with Crippen molar-refractivity contribution < 1.29 is 4.79 Å². The van der Waals surface area contributed by atoms with Gasteiger partial charge >= 0.3 is 0 Å². The fourth-order valence-corrected chi connectivity index (χ4v) is 1.44. The predicted octanol–water partition coefficient (Wildman–Crippen LogP) is 2.36. The van der Waals surface area contributed by atoms with E-state index in [1.54, 1.807) is 6.92 Å². The third kappa shape index (κ3) is 4.34. The van der Waals surface area contributed by atoms with E-state index < -0.39 is 5.38 Å². The summed E-state index contributed by atoms with van der Waals surface area (Å²) in [6.45, 7) is 3.65. The number of carbonyl (C=O) groups is 1. The summed E-state index contributed by atoms with van der Waals surface area (Å²) >= 11 is 5.66. The van der Waals surface area contributed by atoms with Gasteiger partial charge in [0.1, 0.15) is 5.38 Å². The molecule has 82 valence electrons. The molecule has 0 bridgehead atoms. The molecule has 1 aromatic rings. The first-order chi connectivity index (χ1) is 7.09. The highest BCUT2D eigenvalue weighted by molar-refractivity contribution is 6.30. The molecule has 0 aliphatic carbocycles. The Morgan fingerprint density at radius 2 is 1.93 bits per heavy atom. The number of nitrogens with one attached hydrogen (secondary N) is 1. The quantitative estimate of drug-likeness (QED) is 0.784. The van der Waals surface area contributed by atoms with Crippen LogP contribution in [0, 0.1) is 0 Å². The molecule has 1 rings (SSSR count). The zero-order valence-electron chi connectivity index (χ0n) is 9.03. The fourth-order valence-electron chi connectivity index (χ4n) is 1.38. The number of carbonyl (C=O) groups excluding carboxylic acids is 1. The van der Waals surface area contributed by atoms with Crippen LogP contribution in [0.15, 0.2) is 30.3 Å². The van der Waals surface area contributed by atoms with Crippen molar-refractivity contribution in [2.75, 3.05) is 0 Å². The molecule has 0 saturated carbocycles. The molecular formula is C12H16ClNO. The van der Waals surface area contributed by atoms with E-state index in [1.807, 2.05) is 37.3 Å². The minimum Gasteiger partial charge on any atom is -0.352 e. The molecule has 1 amide bonds. The first-order valence-corrected chi connectivity index (χ1v) is 5.51. The molecule has 0 saturated heterocycles. The Balaban J connectivity index is 2.43. The summed E-state index contributed by atoms with van der Waals surface area (Å²) in [6.07, 6.45) is 0.830. The Bertz CT molecular complexity index is 311. The Hall–Kier alpha value is -1.02. The topological polar surface area (TPSA) is 29.1 Å². The first-order valence-electron chi connectivity index (χ1n) is 5.08. The van der Waals surface area contributed by atoms with Crippen LogP contribution in [0.3, 0.4) is 0 Å². The number of amides is 1. The van der Waals surface area contributed by atoms with Gasteiger partial charge in [-0.25, -0.2) is 0 Å². The van der Waals surface area contributed by atoms with Crippen molar-refractivity contribution in [3.63, 3.8) is 0 Å². The third-order valence-corrected chi connectivity index (χ3v) is 2.33. The van der Waals surface area contributed by atoms with Gasteiger partial charge in [0.15, 0.2) is 0 Å². The molecule has 15 heavy (non-hydrogen) atoms. The maximum atomic E-state index is 11.3. The Labute approximate surface area is 95.6 Å². The van der Waals surface area contributed by atoms with Gasteiger partial charge in [-0.3, -0.25) is 4.79 Å². The van der Waals surface area contributed by atoms with Crippen LogP contribution in [-0.2, 0) is 11.2 Å². The van der Waals surface area contributed by atoms with Crippen molar-refractivity contribution in [3.8, 4) is 0 Å². The van der Waals surface area contributed by atoms with Gasteiger partial charge in [-0.05, 0) is 25.8 Å². The van der Waals surface area contributed by atoms with E-state index in [0.717, 1.165) is 6.42 Å². The highest BCUT2D eigenvalue weighted by Gasteiger charge is 2.12. The van der Waals surface area contributed by atoms with Crippen LogP contribution in [0.1, 0.15) is 19.4 Å². The van der Waals surface area contributed by atoms with Gasteiger partial charge in [-0.15, -0.1) is 11.6 Å². The normalized spacial score (nSPS) is 14.3. The van der Waals surface area contributed by atoms with E-state index in [9.17, 15) is 4.79 Å². The third-order valence-electron chi connectivity index (χ3n) is 2.13. The second kappa shape index (κ2) is 5.76. The number of alkyl halides is 1. The van der Waals surface area contributed by atoms with Gasteiger partial charge < -0.3 is 5.32 Å². The molecule has 0 aliphatic rings. The van der Waals surface area contributed by atoms with Crippen molar-refractivity contribution in [3.05, 3.63) is 35.9 Å². The highest BCUT2D eigenvalue weighted by atomic mass is 35.5. The number of rotatable bonds is 4. The van der Waals surface area contributed by atoms with Crippen molar-refractivity contribution in [1.82, 2.24) is 5.32 Å². The zero-order valence-corrected chi connectivity index (χ0v) is 9.79. The van der Waals surface area contributed by atoms with Crippen molar-refractivity contribution in [1.29, 1.82) is 0 Å². The molecule has 2 atom stereocenters. The summed E-state index contributed by atoms with van der Waals surface area (Å²) < 4.78 is 0. The summed E-state index contributed by atoms with van der Waals surface area (Å²) in [7, 11) is 0. The van der Waals surface area contributed by atoms with Crippen LogP contribution in [0.5, 0.6) is 0 Å². The molecule has 3 heteroatoms. The average molecular weight is 226 g/mol. The lowest BCUT2D eigenvalue weighted by molar-refractivity contribution is -0.121. The molecule has 2 unspecified atom stereocenters. The van der Waals surface area contributed by atoms with E-state index in [2.05, 4.69) is 5.32 Å². The van der Waals surface area contributed by atoms with Crippen molar-refractivity contribution in [2.45, 2.75) is 31.7 Å². The van der Waals surface area contributed by atoms with E-state index in [-0.39, 0.29) is 11.9 Å². The van der Waals surface area contributed by atoms with Gasteiger partial charge in [0.05, 0.1) is 0 Å². The zero-order chi connectivity index (χ0) is 11.3. The molecule has 0 radical (unpaired) electrons. The summed E-state index contributed by atoms with van der Waals surface area (Å²) in [5.41, 5.74) is 1.22. The summed E-state index contributed by atoms with van der Waals surface area (Å²) in [4.78, 5) is 11.3. The van der Waals surface area contributed by atoms with Crippen LogP contribution in [-0.4, -0.2) is 17.3 Å². The molecule has 2 nitrogen and oxygen atoms in total. The smallest absolute Gasteiger partial charge is 0.237 e. The number of hydrogen-bond acceptors (Lipinski definition) is 1. The summed E-state index contributed by atoms with van der Waals surface area (Å²) in [5.74, 6) is -0.111. The minimum atomic E-state index is -0.469. The fraction of sp³-hybridized carbons (Fsp3) is 0.417. The molecule has 0 aliphatic heterocycles. The Kier molecular flexibility index (Phi) is 4.63. The molecule has 0 spiro atoms. The van der Waals surface area contributed by atoms with E-state index in [0.29, 0.717) is 0 Å². The van der Waals surface area contributed by atoms with Crippen LogP contribution in [0.25, 0.3) is 0 Å². The summed E-state index contributed by atoms with van der Waals surface area (Å²) in [6, 6.07) is 10.2. The molecular weight excluding hydrogens is 210 g/mol. The Morgan fingerprint density at radius 1 is 1.33 bits per heavy atom. The second-order valence-electron chi connectivity index (χ2n) is 3.72. The maximum absolute atomic E-state index is 11.3. The minimum absolute atomic E-state index is 0.111. The standard InChI is InChI=1S/C12H16ClNO/c1-9(14-12(15)10(2)13)8-11-6-4-3-5-7-11/h3-7,9-10H,8H2,1-2H3,(H,14,15). The molecule has 0 heterocycles. The summed E-state index contributed by atoms with van der Waals surface area (Å²) in [5, 5.41) is 2.39. The van der Waals surface area contributed by atoms with Gasteiger partial charge in [0.25, 0.3) is 0 Å². The lowest BCUT2D eigenvalue weighted by Crippen LogP contribution is -2.37. The monoisotopic (exact) mass is 225 g/mol. The number of benzene rings is 1. The first kappa shape index (κ1) is 12.1. The van der Waals surface area contributed by atoms with E-state index in [1.165, 1.54) is 5.56 Å². The van der Waals surface area contributed by atoms with Gasteiger partial charge in [0.2, 0.25) is 5.91 Å². The van der Waals surface area contributed by atoms with Gasteiger partial charge in [0, 0.05) is 6.04 Å². The largest absolute Gasteiger partial charge is 0.352 e. The van der Waals surface area contributed by atoms with Gasteiger partial charge in [-0.2, -0.15) is 0 Å². The highest BCUT2D eigenvalue weighted by Crippen LogP contribution is 2.03. The maximum Gasteiger partial charge on any atom is 0.237 e. The lowest BCUT2D eigenvalue weighted by atomic mass is 10.1. The van der Waals surface area contributed by atoms with Crippen LogP contribution < -0.4 is 5.32 Å². The number of hydrogen-bond donors (Lipinski definition) is 1.